The van der Waals surface area contributed by atoms with Gasteiger partial charge >= 0.3 is 0 Å². The lowest BCUT2D eigenvalue weighted by atomic mass is 10.0. The summed E-state index contributed by atoms with van der Waals surface area (Å²) in [6.45, 7) is 4.30. The van der Waals surface area contributed by atoms with Gasteiger partial charge in [-0.2, -0.15) is 0 Å². The van der Waals surface area contributed by atoms with Crippen molar-refractivity contribution in [3.8, 4) is 11.5 Å². The van der Waals surface area contributed by atoms with E-state index in [1.807, 2.05) is 78.9 Å². The van der Waals surface area contributed by atoms with E-state index in [0.717, 1.165) is 26.9 Å². The minimum absolute atomic E-state index is 0.147. The molecule has 1 aliphatic heterocycles. The van der Waals surface area contributed by atoms with Crippen LogP contribution in [0.15, 0.2) is 88.8 Å². The van der Waals surface area contributed by atoms with E-state index in [1.54, 1.807) is 12.0 Å². The summed E-state index contributed by atoms with van der Waals surface area (Å²) in [6.07, 6.45) is 4.26. The number of amides is 1. The van der Waals surface area contributed by atoms with E-state index in [2.05, 4.69) is 22.5 Å². The molecular formula is C27H22BrNO3S2. The zero-order valence-electron chi connectivity index (χ0n) is 18.5. The number of anilines is 1. The van der Waals surface area contributed by atoms with E-state index in [1.165, 1.54) is 11.8 Å². The molecule has 1 fully saturated rings. The van der Waals surface area contributed by atoms with Crippen molar-refractivity contribution in [3.63, 3.8) is 0 Å². The van der Waals surface area contributed by atoms with Crippen LogP contribution < -0.4 is 14.4 Å². The van der Waals surface area contributed by atoms with Crippen LogP contribution in [0.3, 0.4) is 0 Å². The Labute approximate surface area is 217 Å². The van der Waals surface area contributed by atoms with Gasteiger partial charge in [-0.15, -0.1) is 6.58 Å². The summed E-state index contributed by atoms with van der Waals surface area (Å²) in [5.74, 6) is 1.13. The van der Waals surface area contributed by atoms with E-state index in [4.69, 9.17) is 21.7 Å². The van der Waals surface area contributed by atoms with Crippen LogP contribution in [0.5, 0.6) is 11.5 Å². The van der Waals surface area contributed by atoms with E-state index in [-0.39, 0.29) is 5.91 Å². The molecule has 1 heterocycles. The van der Waals surface area contributed by atoms with Crippen molar-refractivity contribution in [2.24, 2.45) is 0 Å². The van der Waals surface area contributed by atoms with Gasteiger partial charge in [-0.05, 0) is 60.0 Å². The predicted molar refractivity (Wildman–Crippen MR) is 147 cm³/mol. The first-order chi connectivity index (χ1) is 16.5. The average molecular weight is 553 g/mol. The Balaban J connectivity index is 1.64. The van der Waals surface area contributed by atoms with Crippen molar-refractivity contribution >= 4 is 61.9 Å². The fraction of sp³-hybridized carbons (Fsp3) is 0.111. The van der Waals surface area contributed by atoms with Gasteiger partial charge in [0.2, 0.25) is 0 Å². The minimum Gasteiger partial charge on any atom is -0.493 e. The second-order valence-electron chi connectivity index (χ2n) is 7.47. The topological polar surface area (TPSA) is 38.8 Å². The van der Waals surface area contributed by atoms with Gasteiger partial charge in [-0.3, -0.25) is 9.69 Å². The lowest BCUT2D eigenvalue weighted by Gasteiger charge is -2.16. The van der Waals surface area contributed by atoms with Crippen LogP contribution in [0, 0.1) is 0 Å². The molecule has 1 amide bonds. The summed E-state index contributed by atoms with van der Waals surface area (Å²) in [5.41, 5.74) is 3.57. The van der Waals surface area contributed by atoms with Crippen molar-refractivity contribution < 1.29 is 14.3 Å². The number of carbonyl (C=O) groups is 1. The van der Waals surface area contributed by atoms with Gasteiger partial charge in [-0.25, -0.2) is 0 Å². The van der Waals surface area contributed by atoms with Gasteiger partial charge in [-0.1, -0.05) is 76.3 Å². The smallest absolute Gasteiger partial charge is 0.270 e. The maximum absolute atomic E-state index is 13.2. The molecule has 0 unspecified atom stereocenters. The highest BCUT2D eigenvalue weighted by Gasteiger charge is 2.33. The number of methoxy groups -OCH3 is 1. The molecule has 4 rings (SSSR count). The van der Waals surface area contributed by atoms with E-state index in [9.17, 15) is 4.79 Å². The Morgan fingerprint density at radius 2 is 1.85 bits per heavy atom. The second-order valence-corrected chi connectivity index (χ2v) is 10.1. The molecule has 0 radical (unpaired) electrons. The minimum atomic E-state index is -0.147. The van der Waals surface area contributed by atoms with Crippen LogP contribution in [0.25, 0.3) is 6.08 Å². The maximum Gasteiger partial charge on any atom is 0.270 e. The third kappa shape index (κ3) is 5.43. The Hall–Kier alpha value is -2.87. The van der Waals surface area contributed by atoms with Crippen LogP contribution >= 0.6 is 39.9 Å². The highest BCUT2D eigenvalue weighted by molar-refractivity contribution is 9.10. The number of hydrogen-bond donors (Lipinski definition) is 0. The molecule has 34 heavy (non-hydrogen) atoms. The van der Waals surface area contributed by atoms with Gasteiger partial charge in [0.05, 0.1) is 17.7 Å². The summed E-state index contributed by atoms with van der Waals surface area (Å²) < 4.78 is 13.2. The van der Waals surface area contributed by atoms with Crippen molar-refractivity contribution in [1.29, 1.82) is 0 Å². The van der Waals surface area contributed by atoms with E-state index in [0.29, 0.717) is 33.8 Å². The lowest BCUT2D eigenvalue weighted by molar-refractivity contribution is -0.113. The molecule has 0 saturated carbocycles. The number of rotatable bonds is 8. The summed E-state index contributed by atoms with van der Waals surface area (Å²) >= 11 is 10.2. The number of thioether (sulfide) groups is 1. The summed E-state index contributed by atoms with van der Waals surface area (Å²) in [5, 5.41) is 0. The van der Waals surface area contributed by atoms with Crippen molar-refractivity contribution in [3.05, 3.63) is 105 Å². The molecule has 0 aliphatic carbocycles. The highest BCUT2D eigenvalue weighted by Crippen LogP contribution is 2.39. The number of thiocarbonyl (C=S) groups is 1. The fourth-order valence-electron chi connectivity index (χ4n) is 3.55. The molecule has 3 aromatic carbocycles. The molecule has 172 valence electrons. The molecule has 0 atom stereocenters. The van der Waals surface area contributed by atoms with Crippen molar-refractivity contribution in [1.82, 2.24) is 0 Å². The number of allylic oxidation sites excluding steroid dienone is 1. The number of benzene rings is 3. The van der Waals surface area contributed by atoms with Gasteiger partial charge in [0, 0.05) is 10.0 Å². The van der Waals surface area contributed by atoms with Crippen molar-refractivity contribution in [2.45, 2.75) is 13.0 Å². The second kappa shape index (κ2) is 11.0. The summed E-state index contributed by atoms with van der Waals surface area (Å²) in [7, 11) is 1.61. The fourth-order valence-corrected chi connectivity index (χ4v) is 5.11. The Kier molecular flexibility index (Phi) is 7.88. The lowest BCUT2D eigenvalue weighted by Crippen LogP contribution is -2.27. The van der Waals surface area contributed by atoms with Crippen LogP contribution in [-0.4, -0.2) is 17.3 Å². The van der Waals surface area contributed by atoms with Crippen LogP contribution in [0.2, 0.25) is 0 Å². The van der Waals surface area contributed by atoms with Crippen LogP contribution in [0.4, 0.5) is 5.69 Å². The molecule has 0 aromatic heterocycles. The maximum atomic E-state index is 13.2. The Morgan fingerprint density at radius 1 is 1.12 bits per heavy atom. The predicted octanol–water partition coefficient (Wildman–Crippen LogP) is 7.17. The normalized spacial score (nSPS) is 14.5. The summed E-state index contributed by atoms with van der Waals surface area (Å²) in [6, 6.07) is 21.3. The zero-order chi connectivity index (χ0) is 24.1. The third-order valence-corrected chi connectivity index (χ3v) is 6.97. The van der Waals surface area contributed by atoms with E-state index < -0.39 is 0 Å². The van der Waals surface area contributed by atoms with Gasteiger partial charge in [0.1, 0.15) is 6.61 Å². The Bertz CT molecular complexity index is 1260. The molecular weight excluding hydrogens is 530 g/mol. The molecule has 7 heteroatoms. The SMILES string of the molecule is C=CCc1cc(/C=C2\SC(=S)N(c3ccc(Br)cc3)C2=O)cc(OC)c1OCc1ccccc1. The third-order valence-electron chi connectivity index (χ3n) is 5.14. The molecule has 3 aromatic rings. The first kappa shape index (κ1) is 24.3. The monoisotopic (exact) mass is 551 g/mol. The number of nitrogens with zero attached hydrogens (tertiary/aromatic N) is 1. The van der Waals surface area contributed by atoms with Gasteiger partial charge < -0.3 is 9.47 Å². The molecule has 0 bridgehead atoms. The number of ether oxygens (including phenoxy) is 2. The van der Waals surface area contributed by atoms with Gasteiger partial charge in [0.15, 0.2) is 15.8 Å². The first-order valence-electron chi connectivity index (χ1n) is 10.5. The van der Waals surface area contributed by atoms with Gasteiger partial charge in [0.25, 0.3) is 5.91 Å². The molecule has 1 aliphatic rings. The Morgan fingerprint density at radius 3 is 2.53 bits per heavy atom. The average Bonchev–Trinajstić information content (AvgIpc) is 3.12. The highest BCUT2D eigenvalue weighted by atomic mass is 79.9. The zero-order valence-corrected chi connectivity index (χ0v) is 21.7. The standard InChI is InChI=1S/C27H22BrNO3S2/c1-3-7-20-14-19(15-23(31-2)25(20)32-17-18-8-5-4-6-9-18)16-24-26(30)29(27(33)34-24)22-12-10-21(28)11-13-22/h3-6,8-16H,1,7,17H2,2H3/b24-16-. The molecule has 1 saturated heterocycles. The molecule has 0 spiro atoms. The van der Waals surface area contributed by atoms with Crippen LogP contribution in [-0.2, 0) is 17.8 Å². The van der Waals surface area contributed by atoms with Crippen LogP contribution in [0.1, 0.15) is 16.7 Å². The van der Waals surface area contributed by atoms with Crippen molar-refractivity contribution in [2.75, 3.05) is 12.0 Å². The first-order valence-corrected chi connectivity index (χ1v) is 12.5. The quantitative estimate of drug-likeness (QED) is 0.168. The van der Waals surface area contributed by atoms with E-state index >= 15 is 0 Å². The number of hydrogen-bond acceptors (Lipinski definition) is 5. The summed E-state index contributed by atoms with van der Waals surface area (Å²) in [4.78, 5) is 15.3. The largest absolute Gasteiger partial charge is 0.493 e. The molecule has 4 nitrogen and oxygen atoms in total. The number of halogens is 1. The molecule has 0 N–H and O–H groups in total. The number of carbonyl (C=O) groups excluding carboxylic acids is 1.